The second-order valence-electron chi connectivity index (χ2n) is 5.66. The molecule has 0 unspecified atom stereocenters. The molecule has 118 valence electrons. The zero-order valence-electron chi connectivity index (χ0n) is 13.1. The molecule has 1 aromatic heterocycles. The Kier molecular flexibility index (Phi) is 4.69. The highest BCUT2D eigenvalue weighted by Gasteiger charge is 2.17. The van der Waals surface area contributed by atoms with Crippen LogP contribution in [0.5, 0.6) is 0 Å². The summed E-state index contributed by atoms with van der Waals surface area (Å²) in [5.74, 6) is 0.584. The molecule has 0 radical (unpaired) electrons. The molecule has 0 atom stereocenters. The first-order valence-corrected chi connectivity index (χ1v) is 7.83. The highest BCUT2D eigenvalue weighted by molar-refractivity contribution is 5.80. The van der Waals surface area contributed by atoms with E-state index in [0.29, 0.717) is 23.3 Å². The molecule has 0 amide bonds. The Balaban J connectivity index is 1.89. The van der Waals surface area contributed by atoms with Gasteiger partial charge in [0.1, 0.15) is 11.6 Å². The van der Waals surface area contributed by atoms with Crippen LogP contribution in [0, 0.1) is 18.3 Å². The van der Waals surface area contributed by atoms with Crippen molar-refractivity contribution in [2.45, 2.75) is 25.8 Å². The van der Waals surface area contributed by atoms with Gasteiger partial charge >= 0.3 is 0 Å². The summed E-state index contributed by atoms with van der Waals surface area (Å²) >= 11 is 0. The van der Waals surface area contributed by atoms with Crippen molar-refractivity contribution in [3.8, 4) is 6.07 Å². The van der Waals surface area contributed by atoms with Crippen molar-refractivity contribution < 1.29 is 0 Å². The topological polar surface area (TPSA) is 85.7 Å². The molecule has 3 heterocycles. The standard InChI is InChI=1S/C17H20N6/c1-12-11-21-17(22-13-5-8-19-9-6-13)23-16(12)14(10-18)15-4-2-3-7-20-15/h2-4,7,11,13,19-20H,5-6,8-9H2,1H3,(H,21,22,23). The second-order valence-corrected chi connectivity index (χ2v) is 5.66. The molecular formula is C17H20N6. The molecule has 6 heteroatoms. The van der Waals surface area contributed by atoms with E-state index in [1.54, 1.807) is 12.4 Å². The molecule has 1 fully saturated rings. The molecule has 0 aromatic carbocycles. The summed E-state index contributed by atoms with van der Waals surface area (Å²) in [4.78, 5) is 8.96. The number of anilines is 1. The van der Waals surface area contributed by atoms with Gasteiger partial charge in [0.25, 0.3) is 0 Å². The van der Waals surface area contributed by atoms with Crippen LogP contribution in [-0.2, 0) is 0 Å². The Bertz CT molecular complexity index is 704. The number of nitriles is 1. The first-order chi connectivity index (χ1) is 11.3. The summed E-state index contributed by atoms with van der Waals surface area (Å²) in [5.41, 5.74) is 2.83. The molecule has 3 rings (SSSR count). The number of piperidine rings is 1. The Morgan fingerprint density at radius 1 is 1.35 bits per heavy atom. The van der Waals surface area contributed by atoms with E-state index in [4.69, 9.17) is 0 Å². The zero-order valence-corrected chi connectivity index (χ0v) is 13.1. The lowest BCUT2D eigenvalue weighted by atomic mass is 10.1. The number of nitrogens with zero attached hydrogens (tertiary/aromatic N) is 3. The fraction of sp³-hybridized carbons (Fsp3) is 0.353. The summed E-state index contributed by atoms with van der Waals surface area (Å²) in [6, 6.07) is 2.64. The minimum Gasteiger partial charge on any atom is -0.361 e. The summed E-state index contributed by atoms with van der Waals surface area (Å²) in [5, 5.41) is 19.4. The van der Waals surface area contributed by atoms with Gasteiger partial charge in [0.15, 0.2) is 0 Å². The highest BCUT2D eigenvalue weighted by Crippen LogP contribution is 2.22. The van der Waals surface area contributed by atoms with Crippen molar-refractivity contribution in [2.24, 2.45) is 0 Å². The largest absolute Gasteiger partial charge is 0.361 e. The molecule has 6 nitrogen and oxygen atoms in total. The van der Waals surface area contributed by atoms with Crippen molar-refractivity contribution in [3.63, 3.8) is 0 Å². The van der Waals surface area contributed by atoms with Crippen molar-refractivity contribution in [2.75, 3.05) is 18.4 Å². The second kappa shape index (κ2) is 7.07. The van der Waals surface area contributed by atoms with E-state index in [9.17, 15) is 5.26 Å². The SMILES string of the molecule is Cc1cnc(NC2CCNCC2)nc1C(C#N)=C1C=CC=CN1. The summed E-state index contributed by atoms with van der Waals surface area (Å²) < 4.78 is 0. The quantitative estimate of drug-likeness (QED) is 0.739. The third-order valence-electron chi connectivity index (χ3n) is 3.97. The minimum atomic E-state index is 0.376. The number of aromatic nitrogens is 2. The molecule has 1 saturated heterocycles. The number of dihydropyridines is 1. The molecule has 1 aromatic rings. The maximum absolute atomic E-state index is 9.57. The van der Waals surface area contributed by atoms with E-state index < -0.39 is 0 Å². The highest BCUT2D eigenvalue weighted by atomic mass is 15.1. The van der Waals surface area contributed by atoms with Gasteiger partial charge in [-0.1, -0.05) is 6.08 Å². The average molecular weight is 308 g/mol. The number of nitrogens with one attached hydrogen (secondary N) is 3. The van der Waals surface area contributed by atoms with Crippen molar-refractivity contribution in [3.05, 3.63) is 47.6 Å². The Morgan fingerprint density at radius 2 is 2.17 bits per heavy atom. The lowest BCUT2D eigenvalue weighted by molar-refractivity contribution is 0.477. The monoisotopic (exact) mass is 308 g/mol. The Morgan fingerprint density at radius 3 is 2.87 bits per heavy atom. The van der Waals surface area contributed by atoms with Crippen LogP contribution in [0.25, 0.3) is 5.57 Å². The summed E-state index contributed by atoms with van der Waals surface area (Å²) in [7, 11) is 0. The van der Waals surface area contributed by atoms with Crippen LogP contribution in [0.4, 0.5) is 5.95 Å². The van der Waals surface area contributed by atoms with Crippen LogP contribution >= 0.6 is 0 Å². The fourth-order valence-corrected chi connectivity index (χ4v) is 2.70. The van der Waals surface area contributed by atoms with Crippen LogP contribution < -0.4 is 16.0 Å². The number of allylic oxidation sites excluding steroid dienone is 4. The van der Waals surface area contributed by atoms with E-state index in [1.807, 2.05) is 25.2 Å². The van der Waals surface area contributed by atoms with Gasteiger partial charge in [-0.2, -0.15) is 5.26 Å². The molecule has 2 aliphatic heterocycles. The lowest BCUT2D eigenvalue weighted by Crippen LogP contribution is -2.35. The predicted molar refractivity (Wildman–Crippen MR) is 90.2 cm³/mol. The van der Waals surface area contributed by atoms with Crippen molar-refractivity contribution >= 4 is 11.5 Å². The molecule has 0 saturated carbocycles. The molecule has 3 N–H and O–H groups in total. The maximum atomic E-state index is 9.57. The van der Waals surface area contributed by atoms with Crippen LogP contribution in [0.2, 0.25) is 0 Å². The molecular weight excluding hydrogens is 288 g/mol. The van der Waals surface area contributed by atoms with Crippen LogP contribution in [-0.4, -0.2) is 29.1 Å². The molecule has 23 heavy (non-hydrogen) atoms. The van der Waals surface area contributed by atoms with Gasteiger partial charge in [-0.25, -0.2) is 9.97 Å². The Labute approximate surface area is 136 Å². The van der Waals surface area contributed by atoms with Gasteiger partial charge in [0.05, 0.1) is 11.4 Å². The van der Waals surface area contributed by atoms with Gasteiger partial charge in [-0.05, 0) is 50.6 Å². The minimum absolute atomic E-state index is 0.376. The number of hydrogen-bond acceptors (Lipinski definition) is 6. The van der Waals surface area contributed by atoms with E-state index in [-0.39, 0.29) is 0 Å². The third-order valence-corrected chi connectivity index (χ3v) is 3.97. The van der Waals surface area contributed by atoms with Gasteiger partial charge in [0.2, 0.25) is 5.95 Å². The number of rotatable bonds is 3. The first-order valence-electron chi connectivity index (χ1n) is 7.83. The summed E-state index contributed by atoms with van der Waals surface area (Å²) in [6.45, 7) is 3.93. The third kappa shape index (κ3) is 3.58. The van der Waals surface area contributed by atoms with Gasteiger partial charge in [0, 0.05) is 18.4 Å². The van der Waals surface area contributed by atoms with E-state index in [2.05, 4.69) is 32.0 Å². The van der Waals surface area contributed by atoms with Crippen LogP contribution in [0.1, 0.15) is 24.1 Å². The van der Waals surface area contributed by atoms with E-state index in [1.165, 1.54) is 0 Å². The number of hydrogen-bond donors (Lipinski definition) is 3. The predicted octanol–water partition coefficient (Wildman–Crippen LogP) is 1.86. The van der Waals surface area contributed by atoms with Crippen LogP contribution in [0.3, 0.4) is 0 Å². The van der Waals surface area contributed by atoms with Crippen LogP contribution in [0.15, 0.2) is 36.3 Å². The Hall–Kier alpha value is -2.65. The van der Waals surface area contributed by atoms with Gasteiger partial charge in [-0.3, -0.25) is 0 Å². The van der Waals surface area contributed by atoms with Gasteiger partial charge < -0.3 is 16.0 Å². The zero-order chi connectivity index (χ0) is 16.1. The van der Waals surface area contributed by atoms with E-state index >= 15 is 0 Å². The van der Waals surface area contributed by atoms with Crippen molar-refractivity contribution in [1.82, 2.24) is 20.6 Å². The van der Waals surface area contributed by atoms with Gasteiger partial charge in [-0.15, -0.1) is 0 Å². The van der Waals surface area contributed by atoms with E-state index in [0.717, 1.165) is 37.2 Å². The lowest BCUT2D eigenvalue weighted by Gasteiger charge is -2.23. The smallest absolute Gasteiger partial charge is 0.223 e. The molecule has 2 aliphatic rings. The molecule has 0 spiro atoms. The first kappa shape index (κ1) is 15.3. The maximum Gasteiger partial charge on any atom is 0.223 e. The fourth-order valence-electron chi connectivity index (χ4n) is 2.70. The number of aryl methyl sites for hydroxylation is 1. The normalized spacial score (nSPS) is 19.8. The van der Waals surface area contributed by atoms with Crippen molar-refractivity contribution in [1.29, 1.82) is 5.26 Å². The average Bonchev–Trinajstić information content (AvgIpc) is 2.60. The summed E-state index contributed by atoms with van der Waals surface area (Å²) in [6.07, 6.45) is 11.3. The molecule has 0 bridgehead atoms. The molecule has 0 aliphatic carbocycles.